The maximum Gasteiger partial charge on any atom is 0.0897 e. The van der Waals surface area contributed by atoms with Crippen LogP contribution in [0.5, 0.6) is 0 Å². The average molecular weight is 177 g/mol. The van der Waals surface area contributed by atoms with Crippen molar-refractivity contribution in [3.05, 3.63) is 29.8 Å². The molecular weight excluding hydrogens is 162 g/mol. The molecule has 0 aromatic heterocycles. The van der Waals surface area contributed by atoms with Crippen LogP contribution >= 0.6 is 0 Å². The van der Waals surface area contributed by atoms with Crippen molar-refractivity contribution < 1.29 is 5.11 Å². The molecule has 3 N–H and O–H groups in total. The number of nitrogen functional groups attached to an aromatic ring is 1. The van der Waals surface area contributed by atoms with Crippen molar-refractivity contribution in [1.29, 1.82) is 0 Å². The van der Waals surface area contributed by atoms with Crippen molar-refractivity contribution in [2.75, 3.05) is 5.73 Å². The lowest BCUT2D eigenvalue weighted by Crippen LogP contribution is -2.20. The molecule has 1 aliphatic rings. The lowest BCUT2D eigenvalue weighted by atomic mass is 9.92. The zero-order chi connectivity index (χ0) is 9.31. The average Bonchev–Trinajstić information content (AvgIpc) is 2.54. The summed E-state index contributed by atoms with van der Waals surface area (Å²) in [6.45, 7) is 0. The Hall–Kier alpha value is -1.02. The molecule has 2 rings (SSSR count). The van der Waals surface area contributed by atoms with Gasteiger partial charge in [-0.25, -0.2) is 0 Å². The van der Waals surface area contributed by atoms with Gasteiger partial charge < -0.3 is 10.8 Å². The molecule has 0 aliphatic heterocycles. The first-order valence-electron chi connectivity index (χ1n) is 4.79. The summed E-state index contributed by atoms with van der Waals surface area (Å²) in [5.74, 6) is 0. The van der Waals surface area contributed by atoms with Crippen molar-refractivity contribution in [2.45, 2.75) is 31.3 Å². The second-order valence-electron chi connectivity index (χ2n) is 3.86. The number of hydrogen-bond acceptors (Lipinski definition) is 2. The van der Waals surface area contributed by atoms with Gasteiger partial charge in [0, 0.05) is 5.69 Å². The van der Waals surface area contributed by atoms with Crippen molar-refractivity contribution in [2.24, 2.45) is 0 Å². The number of hydrogen-bond donors (Lipinski definition) is 2. The molecule has 0 bridgehead atoms. The molecule has 2 nitrogen and oxygen atoms in total. The molecule has 0 unspecified atom stereocenters. The second kappa shape index (κ2) is 3.04. The number of anilines is 1. The maximum atomic E-state index is 10.2. The van der Waals surface area contributed by atoms with Crippen molar-refractivity contribution in [3.63, 3.8) is 0 Å². The van der Waals surface area contributed by atoms with E-state index in [9.17, 15) is 5.11 Å². The smallest absolute Gasteiger partial charge is 0.0897 e. The number of aliphatic hydroxyl groups is 1. The van der Waals surface area contributed by atoms with Gasteiger partial charge in [0.25, 0.3) is 0 Å². The van der Waals surface area contributed by atoms with Crippen LogP contribution in [0, 0.1) is 0 Å². The summed E-state index contributed by atoms with van der Waals surface area (Å²) in [5, 5.41) is 10.2. The first kappa shape index (κ1) is 8.57. The van der Waals surface area contributed by atoms with Crippen LogP contribution in [0.15, 0.2) is 24.3 Å². The van der Waals surface area contributed by atoms with Crippen LogP contribution in [0.3, 0.4) is 0 Å². The van der Waals surface area contributed by atoms with Crippen molar-refractivity contribution in [3.8, 4) is 0 Å². The van der Waals surface area contributed by atoms with E-state index in [0.29, 0.717) is 0 Å². The summed E-state index contributed by atoms with van der Waals surface area (Å²) >= 11 is 0. The van der Waals surface area contributed by atoms with Gasteiger partial charge in [-0.05, 0) is 30.5 Å². The lowest BCUT2D eigenvalue weighted by Gasteiger charge is -2.22. The molecule has 1 aromatic carbocycles. The van der Waals surface area contributed by atoms with Crippen LogP contribution in [0.2, 0.25) is 0 Å². The van der Waals surface area contributed by atoms with Crippen LogP contribution in [0.25, 0.3) is 0 Å². The highest BCUT2D eigenvalue weighted by Crippen LogP contribution is 2.38. The highest BCUT2D eigenvalue weighted by atomic mass is 16.3. The predicted molar refractivity (Wildman–Crippen MR) is 53.2 cm³/mol. The van der Waals surface area contributed by atoms with Crippen molar-refractivity contribution >= 4 is 5.69 Å². The highest BCUT2D eigenvalue weighted by molar-refractivity contribution is 5.42. The Morgan fingerprint density at radius 2 is 1.92 bits per heavy atom. The van der Waals surface area contributed by atoms with Crippen LogP contribution in [0.1, 0.15) is 31.2 Å². The highest BCUT2D eigenvalue weighted by Gasteiger charge is 2.32. The van der Waals surface area contributed by atoms with E-state index in [1.54, 1.807) is 0 Å². The van der Waals surface area contributed by atoms with E-state index in [-0.39, 0.29) is 0 Å². The minimum atomic E-state index is -0.602. The lowest BCUT2D eigenvalue weighted by molar-refractivity contribution is 0.0445. The molecule has 1 aromatic rings. The Morgan fingerprint density at radius 1 is 1.23 bits per heavy atom. The molecule has 0 saturated heterocycles. The summed E-state index contributed by atoms with van der Waals surface area (Å²) < 4.78 is 0. The summed E-state index contributed by atoms with van der Waals surface area (Å²) in [6.07, 6.45) is 3.98. The quantitative estimate of drug-likeness (QED) is 0.645. The summed E-state index contributed by atoms with van der Waals surface area (Å²) in [4.78, 5) is 0. The first-order chi connectivity index (χ1) is 6.21. The summed E-state index contributed by atoms with van der Waals surface area (Å²) in [6, 6.07) is 7.59. The normalized spacial score (nSPS) is 20.4. The second-order valence-corrected chi connectivity index (χ2v) is 3.86. The fourth-order valence-corrected chi connectivity index (χ4v) is 2.08. The van der Waals surface area contributed by atoms with Gasteiger partial charge in [0.05, 0.1) is 5.60 Å². The first-order valence-corrected chi connectivity index (χ1v) is 4.79. The minimum Gasteiger partial charge on any atom is -0.399 e. The zero-order valence-electron chi connectivity index (χ0n) is 7.66. The number of nitrogens with two attached hydrogens (primary N) is 1. The fraction of sp³-hybridized carbons (Fsp3) is 0.455. The summed E-state index contributed by atoms with van der Waals surface area (Å²) in [5.41, 5.74) is 6.78. The Kier molecular flexibility index (Phi) is 2.00. The van der Waals surface area contributed by atoms with E-state index in [1.807, 2.05) is 24.3 Å². The van der Waals surface area contributed by atoms with Crippen LogP contribution in [0.4, 0.5) is 5.69 Å². The topological polar surface area (TPSA) is 46.2 Å². The van der Waals surface area contributed by atoms with E-state index in [0.717, 1.165) is 36.9 Å². The van der Waals surface area contributed by atoms with Crippen LogP contribution in [-0.4, -0.2) is 5.11 Å². The molecule has 1 fully saturated rings. The third-order valence-corrected chi connectivity index (χ3v) is 2.85. The SMILES string of the molecule is Nc1cccc(C2(O)CCCC2)c1. The maximum absolute atomic E-state index is 10.2. The molecule has 13 heavy (non-hydrogen) atoms. The largest absolute Gasteiger partial charge is 0.399 e. The predicted octanol–water partition coefficient (Wildman–Crippen LogP) is 2.03. The third-order valence-electron chi connectivity index (χ3n) is 2.85. The third kappa shape index (κ3) is 1.54. The monoisotopic (exact) mass is 177 g/mol. The van der Waals surface area contributed by atoms with Gasteiger partial charge in [-0.15, -0.1) is 0 Å². The molecule has 2 heteroatoms. The van der Waals surface area contributed by atoms with Gasteiger partial charge in [-0.1, -0.05) is 25.0 Å². The molecule has 0 amide bonds. The van der Waals surface area contributed by atoms with Gasteiger partial charge in [-0.3, -0.25) is 0 Å². The van der Waals surface area contributed by atoms with E-state index in [1.165, 1.54) is 0 Å². The molecule has 1 aliphatic carbocycles. The summed E-state index contributed by atoms with van der Waals surface area (Å²) in [7, 11) is 0. The standard InChI is InChI=1S/C11H15NO/c12-10-5-3-4-9(8-10)11(13)6-1-2-7-11/h3-5,8,13H,1-2,6-7,12H2. The van der Waals surface area contributed by atoms with Gasteiger partial charge in [0.15, 0.2) is 0 Å². The van der Waals surface area contributed by atoms with Gasteiger partial charge in [0.1, 0.15) is 0 Å². The zero-order valence-corrected chi connectivity index (χ0v) is 7.66. The fourth-order valence-electron chi connectivity index (χ4n) is 2.08. The Balaban J connectivity index is 2.33. The number of rotatable bonds is 1. The van der Waals surface area contributed by atoms with E-state index >= 15 is 0 Å². The Morgan fingerprint density at radius 3 is 2.54 bits per heavy atom. The minimum absolute atomic E-state index is 0.602. The Labute approximate surface area is 78.4 Å². The van der Waals surface area contributed by atoms with E-state index < -0.39 is 5.60 Å². The van der Waals surface area contributed by atoms with Gasteiger partial charge in [0.2, 0.25) is 0 Å². The molecular formula is C11H15NO. The van der Waals surface area contributed by atoms with E-state index in [2.05, 4.69) is 0 Å². The molecule has 70 valence electrons. The van der Waals surface area contributed by atoms with Crippen molar-refractivity contribution in [1.82, 2.24) is 0 Å². The molecule has 0 atom stereocenters. The molecule has 0 radical (unpaired) electrons. The number of benzene rings is 1. The molecule has 1 saturated carbocycles. The van der Waals surface area contributed by atoms with Gasteiger partial charge in [-0.2, -0.15) is 0 Å². The van der Waals surface area contributed by atoms with Gasteiger partial charge >= 0.3 is 0 Å². The molecule has 0 heterocycles. The van der Waals surface area contributed by atoms with Crippen LogP contribution < -0.4 is 5.73 Å². The van der Waals surface area contributed by atoms with E-state index in [4.69, 9.17) is 5.73 Å². The van der Waals surface area contributed by atoms with Crippen LogP contribution in [-0.2, 0) is 5.60 Å². The molecule has 0 spiro atoms. The Bertz CT molecular complexity index is 303.